The Morgan fingerprint density at radius 3 is 2.69 bits per heavy atom. The maximum atomic E-state index is 13.0. The number of hydrogen-bond donors (Lipinski definition) is 1. The van der Waals surface area contributed by atoms with E-state index in [-0.39, 0.29) is 10.8 Å². The number of ether oxygens (including phenoxy) is 1. The van der Waals surface area contributed by atoms with Gasteiger partial charge in [0.1, 0.15) is 0 Å². The fourth-order valence-corrected chi connectivity index (χ4v) is 4.75. The van der Waals surface area contributed by atoms with E-state index < -0.39 is 16.1 Å². The molecule has 156 valence electrons. The topological polar surface area (TPSA) is 115 Å². The van der Waals surface area contributed by atoms with Gasteiger partial charge in [-0.3, -0.25) is 4.79 Å². The Bertz CT molecular complexity index is 1010. The Hall–Kier alpha value is -2.30. The van der Waals surface area contributed by atoms with Gasteiger partial charge in [-0.1, -0.05) is 17.3 Å². The van der Waals surface area contributed by atoms with E-state index in [1.54, 1.807) is 30.9 Å². The zero-order valence-electron chi connectivity index (χ0n) is 16.4. The highest BCUT2D eigenvalue weighted by Gasteiger charge is 2.31. The fraction of sp³-hybridized carbons (Fsp3) is 0.526. The predicted octanol–water partition coefficient (Wildman–Crippen LogP) is 1.45. The summed E-state index contributed by atoms with van der Waals surface area (Å²) in [7, 11) is -3.92. The van der Waals surface area contributed by atoms with Crippen molar-refractivity contribution in [1.82, 2.24) is 19.8 Å². The Labute approximate surface area is 169 Å². The van der Waals surface area contributed by atoms with E-state index in [1.165, 1.54) is 6.07 Å². The number of nitrogens with one attached hydrogen (secondary N) is 1. The van der Waals surface area contributed by atoms with E-state index in [1.807, 2.05) is 0 Å². The van der Waals surface area contributed by atoms with Crippen LogP contribution in [0.25, 0.3) is 11.4 Å². The molecule has 2 aliphatic rings. The van der Waals surface area contributed by atoms with Crippen LogP contribution < -0.4 is 4.72 Å². The number of sulfonamides is 1. The Kier molecular flexibility index (Phi) is 5.41. The third-order valence-corrected chi connectivity index (χ3v) is 6.81. The second kappa shape index (κ2) is 7.85. The van der Waals surface area contributed by atoms with Crippen molar-refractivity contribution in [3.63, 3.8) is 0 Å². The lowest BCUT2D eigenvalue weighted by Gasteiger charge is -2.29. The molecule has 1 atom stereocenters. The van der Waals surface area contributed by atoms with Gasteiger partial charge in [0.05, 0.1) is 24.2 Å². The largest absolute Gasteiger partial charge is 0.378 e. The van der Waals surface area contributed by atoms with Gasteiger partial charge >= 0.3 is 0 Å². The number of morpholine rings is 1. The van der Waals surface area contributed by atoms with Gasteiger partial charge in [0.15, 0.2) is 0 Å². The number of aromatic nitrogens is 2. The van der Waals surface area contributed by atoms with Gasteiger partial charge in [-0.05, 0) is 38.3 Å². The average molecular weight is 420 g/mol. The number of hydrogen-bond acceptors (Lipinski definition) is 7. The molecule has 1 aromatic heterocycles. The first kappa shape index (κ1) is 20.0. The number of benzene rings is 1. The van der Waals surface area contributed by atoms with Crippen LogP contribution in [0.4, 0.5) is 0 Å². The van der Waals surface area contributed by atoms with Crippen molar-refractivity contribution in [2.24, 2.45) is 0 Å². The van der Waals surface area contributed by atoms with Crippen molar-refractivity contribution in [2.45, 2.75) is 43.5 Å². The number of amides is 1. The first-order valence-electron chi connectivity index (χ1n) is 9.68. The summed E-state index contributed by atoms with van der Waals surface area (Å²) in [5, 5.41) is 3.98. The van der Waals surface area contributed by atoms with Crippen LogP contribution in [0.1, 0.15) is 37.1 Å². The molecule has 1 aliphatic carbocycles. The van der Waals surface area contributed by atoms with Gasteiger partial charge in [0.25, 0.3) is 0 Å². The monoisotopic (exact) mass is 420 g/mol. The smallest absolute Gasteiger partial charge is 0.241 e. The van der Waals surface area contributed by atoms with Crippen molar-refractivity contribution < 1.29 is 22.5 Å². The highest BCUT2D eigenvalue weighted by Crippen LogP contribution is 2.39. The zero-order chi connectivity index (χ0) is 20.6. The summed E-state index contributed by atoms with van der Waals surface area (Å²) in [6, 6.07) is 4.10. The van der Waals surface area contributed by atoms with Crippen molar-refractivity contribution in [1.29, 1.82) is 0 Å². The van der Waals surface area contributed by atoms with Crippen LogP contribution in [-0.2, 0) is 19.6 Å². The van der Waals surface area contributed by atoms with E-state index in [0.29, 0.717) is 55.1 Å². The van der Waals surface area contributed by atoms with Gasteiger partial charge in [0.2, 0.25) is 27.6 Å². The zero-order valence-corrected chi connectivity index (χ0v) is 17.2. The van der Waals surface area contributed by atoms with E-state index in [2.05, 4.69) is 14.9 Å². The van der Waals surface area contributed by atoms with Gasteiger partial charge in [-0.15, -0.1) is 0 Å². The van der Waals surface area contributed by atoms with Gasteiger partial charge in [0, 0.05) is 24.6 Å². The molecule has 4 rings (SSSR count). The first-order valence-corrected chi connectivity index (χ1v) is 11.2. The van der Waals surface area contributed by atoms with E-state index in [9.17, 15) is 13.2 Å². The second-order valence-electron chi connectivity index (χ2n) is 7.49. The number of nitrogens with zero attached hydrogens (tertiary/aromatic N) is 3. The van der Waals surface area contributed by atoms with Crippen LogP contribution in [0.2, 0.25) is 0 Å². The summed E-state index contributed by atoms with van der Waals surface area (Å²) in [6.07, 6.45) is 2.07. The van der Waals surface area contributed by atoms with E-state index in [4.69, 9.17) is 9.26 Å². The maximum absolute atomic E-state index is 13.0. The summed E-state index contributed by atoms with van der Waals surface area (Å²) in [5.41, 5.74) is 1.12. The van der Waals surface area contributed by atoms with Crippen LogP contribution in [0.15, 0.2) is 27.6 Å². The van der Waals surface area contributed by atoms with Crippen LogP contribution >= 0.6 is 0 Å². The molecular weight excluding hydrogens is 396 g/mol. The number of carbonyl (C=O) groups excluding carboxylic acids is 1. The van der Waals surface area contributed by atoms with Crippen LogP contribution in [0.3, 0.4) is 0 Å². The highest BCUT2D eigenvalue weighted by molar-refractivity contribution is 7.89. The molecule has 1 aromatic carbocycles. The molecule has 9 nitrogen and oxygen atoms in total. The standard InChI is InChI=1S/C19H24N4O5S/c1-12-3-4-15(17-20-18(28-21-17)14-5-6-14)11-16(12)29(25,26)22-13(2)19(24)23-7-9-27-10-8-23/h3-4,11,13-14,22H,5-10H2,1-2H3/t13-/m0/s1. The molecule has 1 saturated carbocycles. The molecule has 1 N–H and O–H groups in total. The molecule has 1 saturated heterocycles. The molecule has 0 radical (unpaired) electrons. The molecule has 0 bridgehead atoms. The third kappa shape index (κ3) is 4.34. The molecular formula is C19H24N4O5S. The molecule has 1 aliphatic heterocycles. The minimum atomic E-state index is -3.92. The Morgan fingerprint density at radius 1 is 1.28 bits per heavy atom. The SMILES string of the molecule is Cc1ccc(-c2noc(C3CC3)n2)cc1S(=O)(=O)N[C@@H](C)C(=O)N1CCOCC1. The Balaban J connectivity index is 1.54. The molecule has 29 heavy (non-hydrogen) atoms. The molecule has 10 heteroatoms. The van der Waals surface area contributed by atoms with Crippen molar-refractivity contribution in [2.75, 3.05) is 26.3 Å². The first-order chi connectivity index (χ1) is 13.8. The molecule has 2 fully saturated rings. The van der Waals surface area contributed by atoms with Crippen LogP contribution in [0.5, 0.6) is 0 Å². The lowest BCUT2D eigenvalue weighted by molar-refractivity contribution is -0.136. The molecule has 0 unspecified atom stereocenters. The van der Waals surface area contributed by atoms with Crippen LogP contribution in [0, 0.1) is 6.92 Å². The lowest BCUT2D eigenvalue weighted by Crippen LogP contribution is -2.50. The highest BCUT2D eigenvalue weighted by atomic mass is 32.2. The minimum Gasteiger partial charge on any atom is -0.378 e. The summed E-state index contributed by atoms with van der Waals surface area (Å²) in [6.45, 7) is 5.09. The number of rotatable bonds is 6. The molecule has 2 aromatic rings. The maximum Gasteiger partial charge on any atom is 0.241 e. The van der Waals surface area contributed by atoms with Gasteiger partial charge in [-0.25, -0.2) is 8.42 Å². The second-order valence-corrected chi connectivity index (χ2v) is 9.17. The predicted molar refractivity (Wildman–Crippen MR) is 104 cm³/mol. The van der Waals surface area contributed by atoms with Crippen LogP contribution in [-0.4, -0.2) is 61.7 Å². The molecule has 0 spiro atoms. The van der Waals surface area contributed by atoms with Crippen molar-refractivity contribution in [3.8, 4) is 11.4 Å². The van der Waals surface area contributed by atoms with Gasteiger partial charge < -0.3 is 14.2 Å². The van der Waals surface area contributed by atoms with E-state index in [0.717, 1.165) is 12.8 Å². The van der Waals surface area contributed by atoms with Gasteiger partial charge in [-0.2, -0.15) is 9.71 Å². The Morgan fingerprint density at radius 2 is 2.00 bits per heavy atom. The minimum absolute atomic E-state index is 0.0920. The fourth-order valence-electron chi connectivity index (χ4n) is 3.28. The summed E-state index contributed by atoms with van der Waals surface area (Å²) >= 11 is 0. The number of carbonyl (C=O) groups is 1. The summed E-state index contributed by atoms with van der Waals surface area (Å²) in [5.74, 6) is 1.00. The van der Waals surface area contributed by atoms with E-state index >= 15 is 0 Å². The normalized spacial score (nSPS) is 18.6. The summed E-state index contributed by atoms with van der Waals surface area (Å²) < 4.78 is 39.0. The quantitative estimate of drug-likeness (QED) is 0.752. The number of aryl methyl sites for hydroxylation is 1. The van der Waals surface area contributed by atoms with Crippen molar-refractivity contribution >= 4 is 15.9 Å². The molecule has 1 amide bonds. The lowest BCUT2D eigenvalue weighted by atomic mass is 10.1. The average Bonchev–Trinajstić information content (AvgIpc) is 3.45. The summed E-state index contributed by atoms with van der Waals surface area (Å²) in [4.78, 5) is 18.6. The molecule has 2 heterocycles. The third-order valence-electron chi connectivity index (χ3n) is 5.13. The van der Waals surface area contributed by atoms with Crippen molar-refractivity contribution in [3.05, 3.63) is 29.7 Å².